The lowest BCUT2D eigenvalue weighted by molar-refractivity contribution is -0.116. The van der Waals surface area contributed by atoms with Gasteiger partial charge in [-0.3, -0.25) is 14.7 Å². The number of aromatic nitrogens is 3. The molecule has 5 rings (SSSR count). The number of hydrogen-bond donors (Lipinski definition) is 2. The van der Waals surface area contributed by atoms with Crippen LogP contribution in [0.5, 0.6) is 5.75 Å². The number of rotatable bonds is 2. The van der Waals surface area contributed by atoms with Gasteiger partial charge in [-0.1, -0.05) is 0 Å². The van der Waals surface area contributed by atoms with Crippen molar-refractivity contribution in [2.75, 3.05) is 4.90 Å². The number of aromatic amines is 1. The lowest BCUT2D eigenvalue weighted by Crippen LogP contribution is -2.21. The van der Waals surface area contributed by atoms with Crippen LogP contribution in [0, 0.1) is 0 Å². The van der Waals surface area contributed by atoms with E-state index in [1.807, 2.05) is 30.5 Å². The van der Waals surface area contributed by atoms with Gasteiger partial charge in [0.2, 0.25) is 5.91 Å². The molecule has 0 radical (unpaired) electrons. The lowest BCUT2D eigenvalue weighted by Gasteiger charge is -2.17. The number of fused-ring (bicyclic) bond motifs is 2. The molecule has 0 spiro atoms. The van der Waals surface area contributed by atoms with E-state index in [9.17, 15) is 9.90 Å². The molecule has 26 heavy (non-hydrogen) atoms. The summed E-state index contributed by atoms with van der Waals surface area (Å²) in [6.45, 7) is 0. The number of H-pyrrole nitrogens is 1. The van der Waals surface area contributed by atoms with E-state index in [1.54, 1.807) is 35.4 Å². The first kappa shape index (κ1) is 14.7. The number of phenolic OH excluding ortho intramolecular Hbond substituents is 1. The molecule has 1 amide bonds. The number of anilines is 2. The molecule has 2 N–H and O–H groups in total. The van der Waals surface area contributed by atoms with Gasteiger partial charge in [-0.2, -0.15) is 0 Å². The average Bonchev–Trinajstić information content (AvgIpc) is 3.24. The highest BCUT2D eigenvalue weighted by Gasteiger charge is 2.31. The molecule has 2 aromatic heterocycles. The number of phenols is 1. The molecule has 0 saturated carbocycles. The zero-order valence-corrected chi connectivity index (χ0v) is 13.7. The summed E-state index contributed by atoms with van der Waals surface area (Å²) in [6.07, 6.45) is 3.78. The summed E-state index contributed by atoms with van der Waals surface area (Å²) in [5.41, 5.74) is 3.96. The molecule has 0 fully saturated rings. The first-order chi connectivity index (χ1) is 12.7. The van der Waals surface area contributed by atoms with Gasteiger partial charge in [0.05, 0.1) is 29.7 Å². The van der Waals surface area contributed by atoms with Crippen LogP contribution in [0.1, 0.15) is 5.69 Å². The summed E-state index contributed by atoms with van der Waals surface area (Å²) in [4.78, 5) is 26.5. The summed E-state index contributed by atoms with van der Waals surface area (Å²) < 4.78 is 0. The van der Waals surface area contributed by atoms with Gasteiger partial charge < -0.3 is 10.1 Å². The van der Waals surface area contributed by atoms with Gasteiger partial charge in [-0.05, 0) is 48.5 Å². The predicted octanol–water partition coefficient (Wildman–Crippen LogP) is 3.55. The third-order valence-corrected chi connectivity index (χ3v) is 4.57. The molecule has 0 saturated heterocycles. The SMILES string of the molecule is O=C1Cc2ncc(-c3ccc(O)cc3)nc2N1c1ccc2[nH]ccc2c1. The summed E-state index contributed by atoms with van der Waals surface area (Å²) in [6, 6.07) is 14.6. The Morgan fingerprint density at radius 1 is 1.08 bits per heavy atom. The van der Waals surface area contributed by atoms with Crippen molar-refractivity contribution in [3.63, 3.8) is 0 Å². The summed E-state index contributed by atoms with van der Waals surface area (Å²) in [5, 5.41) is 10.5. The Hall–Kier alpha value is -3.67. The molecular formula is C20H14N4O2. The monoisotopic (exact) mass is 342 g/mol. The van der Waals surface area contributed by atoms with Crippen LogP contribution in [0.4, 0.5) is 11.5 Å². The van der Waals surface area contributed by atoms with Gasteiger partial charge in [-0.15, -0.1) is 0 Å². The first-order valence-corrected chi connectivity index (χ1v) is 8.24. The molecule has 3 heterocycles. The largest absolute Gasteiger partial charge is 0.508 e. The van der Waals surface area contributed by atoms with Gasteiger partial charge >= 0.3 is 0 Å². The van der Waals surface area contributed by atoms with Gasteiger partial charge in [-0.25, -0.2) is 4.98 Å². The molecule has 6 heteroatoms. The van der Waals surface area contributed by atoms with Crippen molar-refractivity contribution in [2.24, 2.45) is 0 Å². The fourth-order valence-corrected chi connectivity index (χ4v) is 3.27. The van der Waals surface area contributed by atoms with Crippen LogP contribution in [-0.4, -0.2) is 26.0 Å². The van der Waals surface area contributed by atoms with Crippen molar-refractivity contribution in [2.45, 2.75) is 6.42 Å². The van der Waals surface area contributed by atoms with Crippen molar-refractivity contribution < 1.29 is 9.90 Å². The van der Waals surface area contributed by atoms with Crippen LogP contribution >= 0.6 is 0 Å². The molecule has 1 aliphatic rings. The van der Waals surface area contributed by atoms with E-state index in [4.69, 9.17) is 0 Å². The Labute approximate surface area is 148 Å². The second-order valence-electron chi connectivity index (χ2n) is 6.23. The van der Waals surface area contributed by atoms with Crippen LogP contribution in [0.2, 0.25) is 0 Å². The van der Waals surface area contributed by atoms with Crippen molar-refractivity contribution in [3.8, 4) is 17.0 Å². The van der Waals surface area contributed by atoms with Crippen LogP contribution in [0.25, 0.3) is 22.2 Å². The molecule has 6 nitrogen and oxygen atoms in total. The van der Waals surface area contributed by atoms with Gasteiger partial charge in [0.25, 0.3) is 0 Å². The number of nitrogens with one attached hydrogen (secondary N) is 1. The van der Waals surface area contributed by atoms with E-state index < -0.39 is 0 Å². The highest BCUT2D eigenvalue weighted by molar-refractivity contribution is 6.07. The Balaban J connectivity index is 1.62. The Morgan fingerprint density at radius 3 is 2.77 bits per heavy atom. The Bertz CT molecular complexity index is 1150. The first-order valence-electron chi connectivity index (χ1n) is 8.24. The van der Waals surface area contributed by atoms with Crippen molar-refractivity contribution in [3.05, 3.63) is 66.6 Å². The van der Waals surface area contributed by atoms with E-state index in [2.05, 4.69) is 15.0 Å². The summed E-state index contributed by atoms with van der Waals surface area (Å²) in [5.74, 6) is 0.715. The van der Waals surface area contributed by atoms with E-state index in [0.717, 1.165) is 22.2 Å². The molecule has 0 bridgehead atoms. The number of carbonyl (C=O) groups excluding carboxylic acids is 1. The van der Waals surface area contributed by atoms with Gasteiger partial charge in [0, 0.05) is 22.7 Å². The second kappa shape index (κ2) is 5.42. The van der Waals surface area contributed by atoms with Gasteiger partial charge in [0.15, 0.2) is 5.82 Å². The molecule has 0 aliphatic carbocycles. The number of amides is 1. The standard InChI is InChI=1S/C20H14N4O2/c25-15-4-1-12(2-5-15)18-11-22-17-10-19(26)24(20(17)23-18)14-3-6-16-13(9-14)7-8-21-16/h1-9,11,21,25H,10H2. The highest BCUT2D eigenvalue weighted by atomic mass is 16.3. The molecule has 0 unspecified atom stereocenters. The quantitative estimate of drug-likeness (QED) is 0.584. The average molecular weight is 342 g/mol. The third-order valence-electron chi connectivity index (χ3n) is 4.57. The summed E-state index contributed by atoms with van der Waals surface area (Å²) >= 11 is 0. The maximum absolute atomic E-state index is 12.6. The molecule has 0 atom stereocenters. The highest BCUT2D eigenvalue weighted by Crippen LogP contribution is 2.35. The zero-order valence-electron chi connectivity index (χ0n) is 13.7. The van der Waals surface area contributed by atoms with E-state index in [0.29, 0.717) is 17.2 Å². The number of carbonyl (C=O) groups is 1. The number of hydrogen-bond acceptors (Lipinski definition) is 4. The fourth-order valence-electron chi connectivity index (χ4n) is 3.27. The number of benzene rings is 2. The molecule has 2 aromatic carbocycles. The van der Waals surface area contributed by atoms with Crippen LogP contribution < -0.4 is 4.90 Å². The van der Waals surface area contributed by atoms with Crippen LogP contribution in [0.15, 0.2) is 60.9 Å². The second-order valence-corrected chi connectivity index (χ2v) is 6.23. The van der Waals surface area contributed by atoms with E-state index >= 15 is 0 Å². The van der Waals surface area contributed by atoms with Crippen LogP contribution in [0.3, 0.4) is 0 Å². The maximum Gasteiger partial charge on any atom is 0.238 e. The van der Waals surface area contributed by atoms with Gasteiger partial charge in [0.1, 0.15) is 5.75 Å². The third kappa shape index (κ3) is 2.23. The lowest BCUT2D eigenvalue weighted by atomic mass is 10.1. The zero-order chi connectivity index (χ0) is 17.7. The Kier molecular flexibility index (Phi) is 3.05. The molecule has 126 valence electrons. The smallest absolute Gasteiger partial charge is 0.238 e. The van der Waals surface area contributed by atoms with Crippen molar-refractivity contribution in [1.29, 1.82) is 0 Å². The van der Waals surface area contributed by atoms with Crippen LogP contribution in [-0.2, 0) is 11.2 Å². The minimum Gasteiger partial charge on any atom is -0.508 e. The van der Waals surface area contributed by atoms with Crippen molar-refractivity contribution >= 4 is 28.3 Å². The number of nitrogens with zero attached hydrogens (tertiary/aromatic N) is 3. The predicted molar refractivity (Wildman–Crippen MR) is 98.3 cm³/mol. The molecule has 4 aromatic rings. The molecule has 1 aliphatic heterocycles. The minimum absolute atomic E-state index is 0.0438. The molecular weight excluding hydrogens is 328 g/mol. The topological polar surface area (TPSA) is 82.1 Å². The van der Waals surface area contributed by atoms with E-state index in [-0.39, 0.29) is 18.1 Å². The minimum atomic E-state index is -0.0438. The van der Waals surface area contributed by atoms with E-state index in [1.165, 1.54) is 0 Å². The Morgan fingerprint density at radius 2 is 1.92 bits per heavy atom. The summed E-state index contributed by atoms with van der Waals surface area (Å²) in [7, 11) is 0. The normalized spacial score (nSPS) is 13.4. The number of aromatic hydroxyl groups is 1. The van der Waals surface area contributed by atoms with Crippen molar-refractivity contribution in [1.82, 2.24) is 15.0 Å². The fraction of sp³-hybridized carbons (Fsp3) is 0.0500. The maximum atomic E-state index is 12.6.